The normalized spacial score (nSPS) is 16.5. The average molecular weight is 405 g/mol. The molecular weight excluding hydrogens is 384 g/mol. The van der Waals surface area contributed by atoms with Crippen LogP contribution < -0.4 is 0 Å². The molecule has 0 N–H and O–H groups in total. The lowest BCUT2D eigenvalue weighted by Crippen LogP contribution is -2.36. The Bertz CT molecular complexity index is 815. The first-order valence-electron chi connectivity index (χ1n) is 8.24. The maximum absolute atomic E-state index is 12.7. The van der Waals surface area contributed by atoms with Gasteiger partial charge in [0.25, 0.3) is 5.91 Å². The van der Waals surface area contributed by atoms with Crippen molar-refractivity contribution >= 4 is 27.5 Å². The maximum Gasteiger partial charge on any atom is 0.266 e. The molecule has 1 aromatic heterocycles. The molecule has 1 aromatic carbocycles. The third kappa shape index (κ3) is 3.76. The van der Waals surface area contributed by atoms with E-state index in [9.17, 15) is 4.79 Å². The number of nitrogens with zero attached hydrogens (tertiary/aromatic N) is 4. The Morgan fingerprint density at radius 1 is 1.48 bits per heavy atom. The number of carbonyl (C=O) groups is 1. The van der Waals surface area contributed by atoms with Crippen LogP contribution in [0.5, 0.6) is 0 Å². The van der Waals surface area contributed by atoms with Gasteiger partial charge in [0.05, 0.1) is 11.9 Å². The van der Waals surface area contributed by atoms with Gasteiger partial charge >= 0.3 is 0 Å². The van der Waals surface area contributed by atoms with Crippen molar-refractivity contribution in [2.45, 2.75) is 39.5 Å². The van der Waals surface area contributed by atoms with E-state index in [2.05, 4.69) is 26.2 Å². The van der Waals surface area contributed by atoms with E-state index >= 15 is 0 Å². The van der Waals surface area contributed by atoms with Crippen LogP contribution in [0, 0.1) is 6.92 Å². The largest absolute Gasteiger partial charge is 0.382 e. The number of rotatable bonds is 5. The third-order valence-corrected chi connectivity index (χ3v) is 4.88. The van der Waals surface area contributed by atoms with E-state index in [1.807, 2.05) is 49.0 Å². The quantitative estimate of drug-likeness (QED) is 0.768. The minimum Gasteiger partial charge on any atom is -0.382 e. The number of hydrogen-bond donors (Lipinski definition) is 0. The molecule has 0 saturated heterocycles. The Kier molecular flexibility index (Phi) is 5.22. The molecule has 3 rings (SSSR count). The lowest BCUT2D eigenvalue weighted by molar-refractivity contribution is -0.141. The van der Waals surface area contributed by atoms with E-state index in [1.54, 1.807) is 11.9 Å². The van der Waals surface area contributed by atoms with Gasteiger partial charge in [0.2, 0.25) is 6.10 Å². The summed E-state index contributed by atoms with van der Waals surface area (Å²) in [6.07, 6.45) is 1.73. The Hall–Kier alpha value is -2.15. The summed E-state index contributed by atoms with van der Waals surface area (Å²) >= 11 is 3.45. The molecule has 0 saturated carbocycles. The molecule has 1 amide bonds. The average Bonchev–Trinajstić information content (AvgIpc) is 3.22. The Labute approximate surface area is 155 Å². The second kappa shape index (κ2) is 7.39. The second-order valence-corrected chi connectivity index (χ2v) is 7.03. The molecule has 2 aromatic rings. The summed E-state index contributed by atoms with van der Waals surface area (Å²) in [7, 11) is 1.78. The fourth-order valence-electron chi connectivity index (χ4n) is 2.89. The van der Waals surface area contributed by atoms with Crippen LogP contribution in [0.2, 0.25) is 0 Å². The first kappa shape index (κ1) is 17.7. The van der Waals surface area contributed by atoms with E-state index < -0.39 is 6.10 Å². The number of benzene rings is 1. The SMILES string of the molecule is CCn1ncc(CN(C)C(=O)C2CC(c3cccc(Br)c3)=NO2)c1C. The van der Waals surface area contributed by atoms with Gasteiger partial charge in [0.1, 0.15) is 0 Å². The van der Waals surface area contributed by atoms with Crippen molar-refractivity contribution in [3.8, 4) is 0 Å². The van der Waals surface area contributed by atoms with Gasteiger partial charge in [-0.15, -0.1) is 0 Å². The zero-order valence-corrected chi connectivity index (χ0v) is 16.2. The van der Waals surface area contributed by atoms with E-state index in [-0.39, 0.29) is 5.91 Å². The molecule has 1 aliphatic heterocycles. The smallest absolute Gasteiger partial charge is 0.266 e. The molecular formula is C18H21BrN4O2. The minimum absolute atomic E-state index is 0.0719. The van der Waals surface area contributed by atoms with E-state index in [4.69, 9.17) is 4.84 Å². The molecule has 0 spiro atoms. The minimum atomic E-state index is -0.569. The van der Waals surface area contributed by atoms with Gasteiger partial charge < -0.3 is 9.74 Å². The number of aromatic nitrogens is 2. The van der Waals surface area contributed by atoms with Crippen LogP contribution in [0.3, 0.4) is 0 Å². The summed E-state index contributed by atoms with van der Waals surface area (Å²) < 4.78 is 2.90. The van der Waals surface area contributed by atoms with Crippen LogP contribution in [-0.2, 0) is 22.7 Å². The van der Waals surface area contributed by atoms with Crippen LogP contribution in [-0.4, -0.2) is 39.5 Å². The van der Waals surface area contributed by atoms with Gasteiger partial charge in [-0.2, -0.15) is 5.10 Å². The molecule has 0 fully saturated rings. The number of carbonyl (C=O) groups excluding carboxylic acids is 1. The Morgan fingerprint density at radius 3 is 2.96 bits per heavy atom. The standard InChI is InChI=1S/C18H21BrN4O2/c1-4-23-12(2)14(10-20-23)11-22(3)18(24)17-9-16(21-25-17)13-6-5-7-15(19)8-13/h5-8,10,17H,4,9,11H2,1-3H3. The monoisotopic (exact) mass is 404 g/mol. The number of amides is 1. The van der Waals surface area contributed by atoms with Crippen molar-refractivity contribution in [2.75, 3.05) is 7.05 Å². The van der Waals surface area contributed by atoms with Crippen molar-refractivity contribution in [3.05, 3.63) is 51.8 Å². The molecule has 2 heterocycles. The van der Waals surface area contributed by atoms with Gasteiger partial charge in [0, 0.05) is 47.9 Å². The molecule has 1 unspecified atom stereocenters. The summed E-state index contributed by atoms with van der Waals surface area (Å²) in [5, 5.41) is 8.43. The van der Waals surface area contributed by atoms with Crippen molar-refractivity contribution in [1.82, 2.24) is 14.7 Å². The van der Waals surface area contributed by atoms with Crippen LogP contribution in [0.1, 0.15) is 30.2 Å². The number of halogens is 1. The lowest BCUT2D eigenvalue weighted by atomic mass is 10.0. The highest BCUT2D eigenvalue weighted by Crippen LogP contribution is 2.21. The summed E-state index contributed by atoms with van der Waals surface area (Å²) in [5.41, 5.74) is 3.89. The predicted octanol–water partition coefficient (Wildman–Crippen LogP) is 3.13. The van der Waals surface area contributed by atoms with Gasteiger partial charge in [-0.05, 0) is 26.0 Å². The Morgan fingerprint density at radius 2 is 2.28 bits per heavy atom. The summed E-state index contributed by atoms with van der Waals surface area (Å²) in [4.78, 5) is 19.7. The molecule has 0 aliphatic carbocycles. The maximum atomic E-state index is 12.7. The Balaban J connectivity index is 1.63. The van der Waals surface area contributed by atoms with Crippen molar-refractivity contribution in [1.29, 1.82) is 0 Å². The van der Waals surface area contributed by atoms with Crippen molar-refractivity contribution in [3.63, 3.8) is 0 Å². The van der Waals surface area contributed by atoms with E-state index in [0.29, 0.717) is 13.0 Å². The highest BCUT2D eigenvalue weighted by molar-refractivity contribution is 9.10. The van der Waals surface area contributed by atoms with E-state index in [1.165, 1.54) is 0 Å². The molecule has 6 nitrogen and oxygen atoms in total. The first-order valence-corrected chi connectivity index (χ1v) is 9.03. The fraction of sp³-hybridized carbons (Fsp3) is 0.389. The molecule has 132 valence electrons. The highest BCUT2D eigenvalue weighted by atomic mass is 79.9. The van der Waals surface area contributed by atoms with Crippen LogP contribution >= 0.6 is 15.9 Å². The van der Waals surface area contributed by atoms with Crippen molar-refractivity contribution < 1.29 is 9.63 Å². The predicted molar refractivity (Wildman–Crippen MR) is 99.3 cm³/mol. The summed E-state index contributed by atoms with van der Waals surface area (Å²) in [5.74, 6) is -0.0719. The van der Waals surface area contributed by atoms with Gasteiger partial charge in [-0.1, -0.05) is 33.2 Å². The second-order valence-electron chi connectivity index (χ2n) is 6.11. The summed E-state index contributed by atoms with van der Waals surface area (Å²) in [6.45, 7) is 5.40. The highest BCUT2D eigenvalue weighted by Gasteiger charge is 2.31. The van der Waals surface area contributed by atoms with Crippen LogP contribution in [0.15, 0.2) is 40.1 Å². The third-order valence-electron chi connectivity index (χ3n) is 4.39. The summed E-state index contributed by atoms with van der Waals surface area (Å²) in [6, 6.07) is 7.83. The topological polar surface area (TPSA) is 59.7 Å². The molecule has 1 atom stereocenters. The first-order chi connectivity index (χ1) is 12.0. The number of aryl methyl sites for hydroxylation is 1. The molecule has 0 bridgehead atoms. The van der Waals surface area contributed by atoms with E-state index in [0.717, 1.165) is 33.5 Å². The van der Waals surface area contributed by atoms with Crippen LogP contribution in [0.4, 0.5) is 0 Å². The van der Waals surface area contributed by atoms with Gasteiger partial charge in [-0.25, -0.2) is 0 Å². The van der Waals surface area contributed by atoms with Gasteiger partial charge in [0.15, 0.2) is 0 Å². The van der Waals surface area contributed by atoms with Gasteiger partial charge in [-0.3, -0.25) is 9.48 Å². The van der Waals surface area contributed by atoms with Crippen molar-refractivity contribution in [2.24, 2.45) is 5.16 Å². The fourth-order valence-corrected chi connectivity index (χ4v) is 3.29. The van der Waals surface area contributed by atoms with Crippen LogP contribution in [0.25, 0.3) is 0 Å². The number of likely N-dealkylation sites (N-methyl/N-ethyl adjacent to an activating group) is 1. The zero-order valence-electron chi connectivity index (χ0n) is 14.6. The molecule has 0 radical (unpaired) electrons. The zero-order chi connectivity index (χ0) is 18.0. The molecule has 25 heavy (non-hydrogen) atoms. The number of oxime groups is 1. The molecule has 1 aliphatic rings. The molecule has 7 heteroatoms. The number of hydrogen-bond acceptors (Lipinski definition) is 4. The lowest BCUT2D eigenvalue weighted by Gasteiger charge is -2.19.